The van der Waals surface area contributed by atoms with Gasteiger partial charge >= 0.3 is 0 Å². The highest BCUT2D eigenvalue weighted by Gasteiger charge is 2.17. The Morgan fingerprint density at radius 2 is 2.16 bits per heavy atom. The predicted molar refractivity (Wildman–Crippen MR) is 81.0 cm³/mol. The average Bonchev–Trinajstić information content (AvgIpc) is 3.06. The van der Waals surface area contributed by atoms with Crippen molar-refractivity contribution in [2.24, 2.45) is 0 Å². The monoisotopic (exact) mass is 275 g/mol. The maximum atomic E-state index is 4.64. The van der Waals surface area contributed by atoms with E-state index in [9.17, 15) is 0 Å². The van der Waals surface area contributed by atoms with E-state index in [0.717, 1.165) is 18.2 Å². The van der Waals surface area contributed by atoms with Crippen LogP contribution in [0.4, 0.5) is 5.95 Å². The van der Waals surface area contributed by atoms with E-state index in [0.29, 0.717) is 6.04 Å². The van der Waals surface area contributed by atoms with Crippen LogP contribution in [0.15, 0.2) is 17.6 Å². The molecule has 0 amide bonds. The summed E-state index contributed by atoms with van der Waals surface area (Å²) in [4.78, 5) is 6.06. The van der Waals surface area contributed by atoms with Crippen molar-refractivity contribution in [3.63, 3.8) is 0 Å². The Morgan fingerprint density at radius 3 is 2.84 bits per heavy atom. The van der Waals surface area contributed by atoms with Crippen LogP contribution in [0, 0.1) is 13.8 Å². The first kappa shape index (κ1) is 12.7. The van der Waals surface area contributed by atoms with Crippen molar-refractivity contribution < 1.29 is 0 Å². The molecule has 0 bridgehead atoms. The van der Waals surface area contributed by atoms with Gasteiger partial charge in [-0.2, -0.15) is 0 Å². The van der Waals surface area contributed by atoms with Crippen molar-refractivity contribution in [3.05, 3.63) is 33.8 Å². The van der Waals surface area contributed by atoms with Crippen molar-refractivity contribution in [2.45, 2.75) is 52.1 Å². The zero-order valence-corrected chi connectivity index (χ0v) is 12.5. The molecule has 1 fully saturated rings. The molecule has 2 heterocycles. The van der Waals surface area contributed by atoms with Gasteiger partial charge < -0.3 is 9.88 Å². The van der Waals surface area contributed by atoms with E-state index in [4.69, 9.17) is 0 Å². The summed E-state index contributed by atoms with van der Waals surface area (Å²) in [6.45, 7) is 5.18. The molecule has 3 rings (SSSR count). The molecule has 1 aliphatic rings. The van der Waals surface area contributed by atoms with Gasteiger partial charge in [0, 0.05) is 17.1 Å². The second-order valence-corrected chi connectivity index (χ2v) is 6.49. The number of imidazole rings is 1. The molecule has 2 aromatic heterocycles. The minimum atomic E-state index is 0.616. The first-order chi connectivity index (χ1) is 9.22. The minimum absolute atomic E-state index is 0.616. The smallest absolute Gasteiger partial charge is 0.203 e. The molecule has 0 atom stereocenters. The Balaban J connectivity index is 1.78. The Bertz CT molecular complexity index is 549. The van der Waals surface area contributed by atoms with E-state index in [-0.39, 0.29) is 0 Å². The Kier molecular flexibility index (Phi) is 3.60. The number of anilines is 1. The molecular formula is C15H21N3S. The van der Waals surface area contributed by atoms with Crippen LogP contribution >= 0.6 is 11.3 Å². The van der Waals surface area contributed by atoms with Gasteiger partial charge in [-0.1, -0.05) is 12.8 Å². The Labute approximate surface area is 118 Å². The maximum absolute atomic E-state index is 4.64. The molecule has 19 heavy (non-hydrogen) atoms. The highest BCUT2D eigenvalue weighted by atomic mass is 32.1. The molecule has 3 nitrogen and oxygen atoms in total. The standard InChI is InChI=1S/C15H21N3S/c1-11-7-8-19-14(11)10-18-9-12(2)16-15(18)17-13-5-3-4-6-13/h7-9,13H,3-6,10H2,1-2H3,(H,16,17). The zero-order valence-electron chi connectivity index (χ0n) is 11.6. The number of rotatable bonds is 4. The number of hydrogen-bond acceptors (Lipinski definition) is 3. The summed E-state index contributed by atoms with van der Waals surface area (Å²) < 4.78 is 2.26. The number of nitrogens with zero attached hydrogens (tertiary/aromatic N) is 2. The predicted octanol–water partition coefficient (Wildman–Crippen LogP) is 3.96. The summed E-state index contributed by atoms with van der Waals surface area (Å²) in [7, 11) is 0. The summed E-state index contributed by atoms with van der Waals surface area (Å²) in [5.41, 5.74) is 2.47. The third-order valence-electron chi connectivity index (χ3n) is 3.87. The highest BCUT2D eigenvalue weighted by Crippen LogP contribution is 2.24. The molecule has 1 aliphatic carbocycles. The van der Waals surface area contributed by atoms with Crippen LogP contribution in [0.1, 0.15) is 41.8 Å². The van der Waals surface area contributed by atoms with E-state index < -0.39 is 0 Å². The van der Waals surface area contributed by atoms with Crippen molar-refractivity contribution in [3.8, 4) is 0 Å². The van der Waals surface area contributed by atoms with Gasteiger partial charge in [0.2, 0.25) is 5.95 Å². The van der Waals surface area contributed by atoms with E-state index in [1.54, 1.807) is 0 Å². The van der Waals surface area contributed by atoms with E-state index in [2.05, 4.69) is 46.4 Å². The van der Waals surface area contributed by atoms with Crippen LogP contribution in [0.2, 0.25) is 0 Å². The third kappa shape index (κ3) is 2.84. The molecule has 1 saturated carbocycles. The van der Waals surface area contributed by atoms with Crippen molar-refractivity contribution in [1.82, 2.24) is 9.55 Å². The van der Waals surface area contributed by atoms with Gasteiger partial charge in [0.25, 0.3) is 0 Å². The number of nitrogens with one attached hydrogen (secondary N) is 1. The molecule has 0 aromatic carbocycles. The molecule has 2 aromatic rings. The quantitative estimate of drug-likeness (QED) is 0.915. The molecule has 102 valence electrons. The molecule has 0 saturated heterocycles. The number of thiophene rings is 1. The van der Waals surface area contributed by atoms with Crippen LogP contribution < -0.4 is 5.32 Å². The normalized spacial score (nSPS) is 16.1. The summed E-state index contributed by atoms with van der Waals surface area (Å²) in [6, 6.07) is 2.80. The van der Waals surface area contributed by atoms with Gasteiger partial charge in [0.05, 0.1) is 12.2 Å². The highest BCUT2D eigenvalue weighted by molar-refractivity contribution is 7.10. The van der Waals surface area contributed by atoms with Gasteiger partial charge in [0.1, 0.15) is 0 Å². The largest absolute Gasteiger partial charge is 0.353 e. The molecule has 4 heteroatoms. The second kappa shape index (κ2) is 5.37. The molecular weight excluding hydrogens is 254 g/mol. The van der Waals surface area contributed by atoms with Crippen LogP contribution in [-0.2, 0) is 6.54 Å². The molecule has 0 spiro atoms. The lowest BCUT2D eigenvalue weighted by Crippen LogP contribution is -2.18. The lowest BCUT2D eigenvalue weighted by atomic mass is 10.2. The van der Waals surface area contributed by atoms with Crippen molar-refractivity contribution >= 4 is 17.3 Å². The van der Waals surface area contributed by atoms with E-state index in [1.807, 2.05) is 11.3 Å². The van der Waals surface area contributed by atoms with Gasteiger partial charge in [-0.05, 0) is 43.7 Å². The van der Waals surface area contributed by atoms with Crippen LogP contribution in [0.25, 0.3) is 0 Å². The van der Waals surface area contributed by atoms with Gasteiger partial charge in [-0.25, -0.2) is 4.98 Å². The fraction of sp³-hybridized carbons (Fsp3) is 0.533. The topological polar surface area (TPSA) is 29.9 Å². The summed E-state index contributed by atoms with van der Waals surface area (Å²) >= 11 is 1.83. The van der Waals surface area contributed by atoms with Gasteiger partial charge in [0.15, 0.2) is 0 Å². The third-order valence-corrected chi connectivity index (χ3v) is 4.88. The first-order valence-corrected chi connectivity index (χ1v) is 7.93. The van der Waals surface area contributed by atoms with Crippen LogP contribution in [-0.4, -0.2) is 15.6 Å². The Morgan fingerprint density at radius 1 is 1.37 bits per heavy atom. The minimum Gasteiger partial charge on any atom is -0.353 e. The first-order valence-electron chi connectivity index (χ1n) is 7.05. The molecule has 0 radical (unpaired) electrons. The molecule has 1 N–H and O–H groups in total. The lowest BCUT2D eigenvalue weighted by molar-refractivity contribution is 0.718. The zero-order chi connectivity index (χ0) is 13.2. The number of aryl methyl sites for hydroxylation is 2. The van der Waals surface area contributed by atoms with Crippen molar-refractivity contribution in [1.29, 1.82) is 0 Å². The second-order valence-electron chi connectivity index (χ2n) is 5.49. The van der Waals surface area contributed by atoms with Gasteiger partial charge in [-0.15, -0.1) is 11.3 Å². The lowest BCUT2D eigenvalue weighted by Gasteiger charge is -2.14. The fourth-order valence-corrected chi connectivity index (χ4v) is 3.66. The Hall–Kier alpha value is -1.29. The molecule has 0 unspecified atom stereocenters. The van der Waals surface area contributed by atoms with E-state index >= 15 is 0 Å². The SMILES string of the molecule is Cc1cn(Cc2sccc2C)c(NC2CCCC2)n1. The van der Waals surface area contributed by atoms with Gasteiger partial charge in [-0.3, -0.25) is 0 Å². The summed E-state index contributed by atoms with van der Waals surface area (Å²) in [5, 5.41) is 5.78. The van der Waals surface area contributed by atoms with Crippen LogP contribution in [0.5, 0.6) is 0 Å². The number of aromatic nitrogens is 2. The summed E-state index contributed by atoms with van der Waals surface area (Å²) in [6.07, 6.45) is 7.41. The summed E-state index contributed by atoms with van der Waals surface area (Å²) in [5.74, 6) is 1.04. The maximum Gasteiger partial charge on any atom is 0.203 e. The van der Waals surface area contributed by atoms with Crippen molar-refractivity contribution in [2.75, 3.05) is 5.32 Å². The fourth-order valence-electron chi connectivity index (χ4n) is 2.76. The van der Waals surface area contributed by atoms with Crippen LogP contribution in [0.3, 0.4) is 0 Å². The number of hydrogen-bond donors (Lipinski definition) is 1. The molecule has 0 aliphatic heterocycles. The van der Waals surface area contributed by atoms with E-state index in [1.165, 1.54) is 36.1 Å². The average molecular weight is 275 g/mol.